The zero-order chi connectivity index (χ0) is 24.2. The van der Waals surface area contributed by atoms with Crippen molar-refractivity contribution in [1.82, 2.24) is 23.8 Å². The zero-order valence-electron chi connectivity index (χ0n) is 19.8. The topological polar surface area (TPSA) is 75.7 Å². The number of fused-ring (bicyclic) bond motifs is 1. The lowest BCUT2D eigenvalue weighted by molar-refractivity contribution is 0.250. The molecule has 0 unspecified atom stereocenters. The van der Waals surface area contributed by atoms with Gasteiger partial charge in [-0.3, -0.25) is 18.7 Å². The van der Waals surface area contributed by atoms with E-state index < -0.39 is 0 Å². The zero-order valence-corrected chi connectivity index (χ0v) is 21.4. The smallest absolute Gasteiger partial charge is 0.335 e. The van der Waals surface area contributed by atoms with Crippen LogP contribution in [-0.4, -0.2) is 56.6 Å². The number of halogens is 2. The van der Waals surface area contributed by atoms with Crippen LogP contribution in [-0.2, 0) is 6.54 Å². The molecule has 0 N–H and O–H groups in total. The largest absolute Gasteiger partial charge is 0.338 e. The first-order valence-electron chi connectivity index (χ1n) is 11.9. The van der Waals surface area contributed by atoms with Crippen LogP contribution in [0, 0.1) is 0 Å². The van der Waals surface area contributed by atoms with Crippen molar-refractivity contribution >= 4 is 35.5 Å². The number of hydrogen-bond donors (Lipinski definition) is 0. The van der Waals surface area contributed by atoms with Crippen LogP contribution >= 0.6 is 24.0 Å². The molecule has 10 heteroatoms. The van der Waals surface area contributed by atoms with Crippen LogP contribution in [0.3, 0.4) is 0 Å². The Kier molecular flexibility index (Phi) is 8.40. The molecule has 0 saturated carbocycles. The summed E-state index contributed by atoms with van der Waals surface area (Å²) in [4.78, 5) is 39.9. The van der Waals surface area contributed by atoms with Crippen LogP contribution in [0.2, 0.25) is 5.02 Å². The highest BCUT2D eigenvalue weighted by Gasteiger charge is 2.19. The van der Waals surface area contributed by atoms with Gasteiger partial charge in [0, 0.05) is 61.9 Å². The second kappa shape index (κ2) is 11.7. The number of unbranched alkanes of at least 4 members (excludes halogenated alkanes) is 1. The fourth-order valence-corrected chi connectivity index (χ4v) is 4.85. The van der Waals surface area contributed by atoms with E-state index in [9.17, 15) is 9.59 Å². The van der Waals surface area contributed by atoms with Crippen molar-refractivity contribution < 1.29 is 0 Å². The van der Waals surface area contributed by atoms with Crippen molar-refractivity contribution in [3.05, 3.63) is 93.0 Å². The standard InChI is InChI=1S/C26H27ClN6O2.ClH/c27-21-9-2-1-8-20(21)23-22-10-3-4-14-32(22)26(35)33(24(23)34)15-6-5-13-30-16-18-31(19-17-30)25-28-11-7-12-29-25;/h1-4,7-12,14H,5-6,13,15-19H2;1H. The molecule has 1 aromatic carbocycles. The Hall–Kier alpha value is -3.20. The molecule has 0 atom stereocenters. The first kappa shape index (κ1) is 25.9. The van der Waals surface area contributed by atoms with Gasteiger partial charge in [-0.15, -0.1) is 12.4 Å². The summed E-state index contributed by atoms with van der Waals surface area (Å²) in [5, 5.41) is 0.487. The molecule has 0 spiro atoms. The second-order valence-electron chi connectivity index (χ2n) is 8.63. The van der Waals surface area contributed by atoms with E-state index in [1.807, 2.05) is 30.3 Å². The van der Waals surface area contributed by atoms with Gasteiger partial charge in [0.2, 0.25) is 5.95 Å². The molecule has 4 heterocycles. The van der Waals surface area contributed by atoms with Crippen LogP contribution in [0.15, 0.2) is 76.7 Å². The summed E-state index contributed by atoms with van der Waals surface area (Å²) in [6.07, 6.45) is 6.86. The Morgan fingerprint density at radius 1 is 0.833 bits per heavy atom. The van der Waals surface area contributed by atoms with Crippen LogP contribution in [0.1, 0.15) is 12.8 Å². The summed E-state index contributed by atoms with van der Waals surface area (Å²) < 4.78 is 2.88. The average Bonchev–Trinajstić information content (AvgIpc) is 2.90. The minimum absolute atomic E-state index is 0. The van der Waals surface area contributed by atoms with E-state index in [0.29, 0.717) is 28.2 Å². The number of aromatic nitrogens is 4. The van der Waals surface area contributed by atoms with Crippen LogP contribution < -0.4 is 16.1 Å². The van der Waals surface area contributed by atoms with Gasteiger partial charge in [-0.1, -0.05) is 35.9 Å². The van der Waals surface area contributed by atoms with E-state index in [0.717, 1.165) is 51.5 Å². The number of nitrogens with zero attached hydrogens (tertiary/aromatic N) is 6. The molecule has 0 radical (unpaired) electrons. The predicted molar refractivity (Wildman–Crippen MR) is 146 cm³/mol. The number of hydrogen-bond acceptors (Lipinski definition) is 6. The number of pyridine rings is 1. The summed E-state index contributed by atoms with van der Waals surface area (Å²) in [5.41, 5.74) is 1.03. The van der Waals surface area contributed by atoms with Crippen molar-refractivity contribution in [3.8, 4) is 11.1 Å². The number of anilines is 1. The number of piperazine rings is 1. The fourth-order valence-electron chi connectivity index (χ4n) is 4.62. The molecular weight excluding hydrogens is 499 g/mol. The molecular formula is C26H28Cl2N6O2. The van der Waals surface area contributed by atoms with Crippen molar-refractivity contribution in [2.24, 2.45) is 0 Å². The molecule has 36 heavy (non-hydrogen) atoms. The Morgan fingerprint density at radius 3 is 2.28 bits per heavy atom. The summed E-state index contributed by atoms with van der Waals surface area (Å²) in [6, 6.07) is 14.5. The maximum Gasteiger partial charge on any atom is 0.335 e. The van der Waals surface area contributed by atoms with Gasteiger partial charge in [0.25, 0.3) is 5.56 Å². The van der Waals surface area contributed by atoms with Gasteiger partial charge in [-0.05, 0) is 43.7 Å². The van der Waals surface area contributed by atoms with E-state index in [-0.39, 0.29) is 23.7 Å². The minimum Gasteiger partial charge on any atom is -0.338 e. The van der Waals surface area contributed by atoms with E-state index >= 15 is 0 Å². The van der Waals surface area contributed by atoms with Gasteiger partial charge in [0.15, 0.2) is 0 Å². The van der Waals surface area contributed by atoms with Gasteiger partial charge >= 0.3 is 5.69 Å². The van der Waals surface area contributed by atoms with Gasteiger partial charge in [-0.25, -0.2) is 14.8 Å². The second-order valence-corrected chi connectivity index (χ2v) is 9.04. The fraction of sp³-hybridized carbons (Fsp3) is 0.308. The first-order valence-corrected chi connectivity index (χ1v) is 12.2. The Balaban J connectivity index is 0.00000304. The molecule has 3 aromatic heterocycles. The monoisotopic (exact) mass is 526 g/mol. The summed E-state index contributed by atoms with van der Waals surface area (Å²) in [6.45, 7) is 4.93. The Bertz CT molecular complexity index is 1430. The summed E-state index contributed by atoms with van der Waals surface area (Å²) >= 11 is 6.43. The van der Waals surface area contributed by atoms with Crippen LogP contribution in [0.4, 0.5) is 5.95 Å². The van der Waals surface area contributed by atoms with Gasteiger partial charge in [0.1, 0.15) is 0 Å². The van der Waals surface area contributed by atoms with Crippen molar-refractivity contribution in [2.45, 2.75) is 19.4 Å². The highest BCUT2D eigenvalue weighted by Crippen LogP contribution is 2.27. The van der Waals surface area contributed by atoms with E-state index in [2.05, 4.69) is 19.8 Å². The molecule has 188 valence electrons. The molecule has 1 fully saturated rings. The lowest BCUT2D eigenvalue weighted by Gasteiger charge is -2.34. The van der Waals surface area contributed by atoms with Crippen molar-refractivity contribution in [1.29, 1.82) is 0 Å². The van der Waals surface area contributed by atoms with E-state index in [4.69, 9.17) is 11.6 Å². The number of rotatable bonds is 7. The summed E-state index contributed by atoms with van der Waals surface area (Å²) in [7, 11) is 0. The molecule has 1 aliphatic heterocycles. The van der Waals surface area contributed by atoms with Gasteiger partial charge in [0.05, 0.1) is 11.1 Å². The summed E-state index contributed by atoms with van der Waals surface area (Å²) in [5.74, 6) is 0.776. The van der Waals surface area contributed by atoms with Crippen LogP contribution in [0.25, 0.3) is 16.6 Å². The lowest BCUT2D eigenvalue weighted by Crippen LogP contribution is -2.47. The normalized spacial score (nSPS) is 14.1. The molecule has 1 saturated heterocycles. The quantitative estimate of drug-likeness (QED) is 0.342. The number of benzene rings is 1. The highest BCUT2D eigenvalue weighted by molar-refractivity contribution is 6.33. The van der Waals surface area contributed by atoms with E-state index in [1.165, 1.54) is 8.97 Å². The molecule has 8 nitrogen and oxygen atoms in total. The third-order valence-electron chi connectivity index (χ3n) is 6.47. The minimum atomic E-state index is -0.321. The predicted octanol–water partition coefficient (Wildman–Crippen LogP) is 3.60. The molecule has 0 aliphatic carbocycles. The lowest BCUT2D eigenvalue weighted by atomic mass is 10.1. The maximum absolute atomic E-state index is 13.5. The first-order chi connectivity index (χ1) is 17.1. The van der Waals surface area contributed by atoms with Gasteiger partial charge < -0.3 is 4.90 Å². The Labute approximate surface area is 220 Å². The third kappa shape index (κ3) is 5.31. The van der Waals surface area contributed by atoms with E-state index in [1.54, 1.807) is 36.8 Å². The van der Waals surface area contributed by atoms with Gasteiger partial charge in [-0.2, -0.15) is 0 Å². The molecule has 0 bridgehead atoms. The molecule has 1 aliphatic rings. The Morgan fingerprint density at radius 2 is 1.53 bits per heavy atom. The third-order valence-corrected chi connectivity index (χ3v) is 6.80. The maximum atomic E-state index is 13.5. The molecule has 0 amide bonds. The average molecular weight is 527 g/mol. The highest BCUT2D eigenvalue weighted by atomic mass is 35.5. The SMILES string of the molecule is Cl.O=c1c(-c2ccccc2Cl)c2ccccn2c(=O)n1CCCCN1CCN(c2ncccn2)CC1. The van der Waals surface area contributed by atoms with Crippen LogP contribution in [0.5, 0.6) is 0 Å². The van der Waals surface area contributed by atoms with Crippen molar-refractivity contribution in [3.63, 3.8) is 0 Å². The van der Waals surface area contributed by atoms with Crippen molar-refractivity contribution in [2.75, 3.05) is 37.6 Å². The molecule has 4 aromatic rings. The molecule has 5 rings (SSSR count).